The van der Waals surface area contributed by atoms with Gasteiger partial charge in [0.05, 0.1) is 24.6 Å². The molecule has 0 bridgehead atoms. The molecule has 7 heteroatoms. The van der Waals surface area contributed by atoms with Crippen LogP contribution in [0.3, 0.4) is 0 Å². The molecule has 2 heterocycles. The number of hydrogen-bond donors (Lipinski definition) is 3. The number of aromatic nitrogens is 1. The van der Waals surface area contributed by atoms with Crippen LogP contribution in [0.5, 0.6) is 5.75 Å². The van der Waals surface area contributed by atoms with Gasteiger partial charge in [-0.2, -0.15) is 5.10 Å². The highest BCUT2D eigenvalue weighted by molar-refractivity contribution is 6.18. The molecule has 7 nitrogen and oxygen atoms in total. The predicted molar refractivity (Wildman–Crippen MR) is 131 cm³/mol. The lowest BCUT2D eigenvalue weighted by molar-refractivity contribution is -0.117. The Morgan fingerprint density at radius 1 is 1.09 bits per heavy atom. The molecule has 0 spiro atoms. The van der Waals surface area contributed by atoms with Crippen molar-refractivity contribution in [2.24, 2.45) is 11.0 Å². The summed E-state index contributed by atoms with van der Waals surface area (Å²) in [6.45, 7) is 0. The summed E-state index contributed by atoms with van der Waals surface area (Å²) in [7, 11) is 1.64. The van der Waals surface area contributed by atoms with Gasteiger partial charge in [-0.05, 0) is 47.7 Å². The molecule has 1 saturated carbocycles. The van der Waals surface area contributed by atoms with Crippen molar-refractivity contribution in [3.05, 3.63) is 83.4 Å². The molecule has 1 fully saturated rings. The van der Waals surface area contributed by atoms with Crippen LogP contribution in [0.1, 0.15) is 33.8 Å². The fraction of sp³-hybridized carbons (Fsp3) is 0.148. The van der Waals surface area contributed by atoms with Gasteiger partial charge < -0.3 is 15.0 Å². The van der Waals surface area contributed by atoms with Gasteiger partial charge in [0.15, 0.2) is 0 Å². The van der Waals surface area contributed by atoms with Crippen LogP contribution in [-0.4, -0.2) is 30.1 Å². The fourth-order valence-electron chi connectivity index (χ4n) is 4.75. The normalized spacial score (nSPS) is 18.3. The van der Waals surface area contributed by atoms with Crippen LogP contribution < -0.4 is 15.5 Å². The summed E-state index contributed by atoms with van der Waals surface area (Å²) in [5, 5.41) is 7.90. The van der Waals surface area contributed by atoms with Gasteiger partial charge in [-0.3, -0.25) is 9.59 Å². The Bertz CT molecular complexity index is 1470. The number of anilines is 1. The summed E-state index contributed by atoms with van der Waals surface area (Å²) in [5.74, 6) is 0.473. The average Bonchev–Trinajstić information content (AvgIpc) is 3.62. The van der Waals surface area contributed by atoms with Crippen LogP contribution in [0, 0.1) is 5.92 Å². The zero-order valence-electron chi connectivity index (χ0n) is 18.5. The molecule has 4 aromatic rings. The summed E-state index contributed by atoms with van der Waals surface area (Å²) in [6, 6.07) is 21.3. The van der Waals surface area contributed by atoms with E-state index in [0.29, 0.717) is 11.3 Å². The predicted octanol–water partition coefficient (Wildman–Crippen LogP) is 4.66. The van der Waals surface area contributed by atoms with Crippen LogP contribution in [0.15, 0.2) is 71.8 Å². The third-order valence-corrected chi connectivity index (χ3v) is 6.52. The lowest BCUT2D eigenvalue weighted by Gasteiger charge is -2.09. The van der Waals surface area contributed by atoms with Gasteiger partial charge in [-0.25, -0.2) is 5.43 Å². The number of aromatic amines is 1. The zero-order chi connectivity index (χ0) is 23.2. The number of nitrogens with one attached hydrogen (secondary N) is 3. The Labute approximate surface area is 195 Å². The monoisotopic (exact) mass is 450 g/mol. The minimum absolute atomic E-state index is 0.0558. The van der Waals surface area contributed by atoms with Crippen LogP contribution >= 0.6 is 0 Å². The number of hydrazone groups is 1. The second-order valence-corrected chi connectivity index (χ2v) is 8.64. The van der Waals surface area contributed by atoms with Crippen molar-refractivity contribution in [1.29, 1.82) is 0 Å². The number of amides is 2. The van der Waals surface area contributed by atoms with Crippen LogP contribution in [0.2, 0.25) is 0 Å². The number of hydrogen-bond acceptors (Lipinski definition) is 4. The number of methoxy groups -OCH3 is 1. The molecule has 0 saturated heterocycles. The van der Waals surface area contributed by atoms with Gasteiger partial charge in [0.1, 0.15) is 5.75 Å². The van der Waals surface area contributed by atoms with Crippen molar-refractivity contribution < 1.29 is 14.3 Å². The number of carbonyl (C=O) groups is 2. The molecule has 34 heavy (non-hydrogen) atoms. The minimum atomic E-state index is -0.310. The van der Waals surface area contributed by atoms with E-state index in [1.165, 1.54) is 0 Å². The summed E-state index contributed by atoms with van der Waals surface area (Å²) >= 11 is 0. The molecule has 1 aliphatic heterocycles. The highest BCUT2D eigenvalue weighted by atomic mass is 16.5. The van der Waals surface area contributed by atoms with E-state index in [-0.39, 0.29) is 23.7 Å². The van der Waals surface area contributed by atoms with E-state index in [0.717, 1.165) is 45.5 Å². The molecule has 2 amide bonds. The molecule has 1 aliphatic carbocycles. The maximum atomic E-state index is 13.0. The van der Waals surface area contributed by atoms with Gasteiger partial charge in [0.25, 0.3) is 5.91 Å². The third-order valence-electron chi connectivity index (χ3n) is 6.52. The zero-order valence-corrected chi connectivity index (χ0v) is 18.5. The largest absolute Gasteiger partial charge is 0.497 e. The van der Waals surface area contributed by atoms with E-state index in [2.05, 4.69) is 20.8 Å². The van der Waals surface area contributed by atoms with Crippen molar-refractivity contribution in [3.63, 3.8) is 0 Å². The summed E-state index contributed by atoms with van der Waals surface area (Å²) in [4.78, 5) is 29.2. The van der Waals surface area contributed by atoms with Crippen LogP contribution in [-0.2, 0) is 4.79 Å². The minimum Gasteiger partial charge on any atom is -0.497 e. The van der Waals surface area contributed by atoms with Crippen LogP contribution in [0.25, 0.3) is 22.2 Å². The second-order valence-electron chi connectivity index (χ2n) is 8.64. The van der Waals surface area contributed by atoms with Crippen LogP contribution in [0.4, 0.5) is 5.69 Å². The Hall–Kier alpha value is -4.39. The molecule has 3 N–H and O–H groups in total. The standard InChI is InChI=1S/C27H22N4O3/c1-34-18-9-5-8-16(10-18)19-13-20(19)26(32)29-17-11-21-24-22(14-28-31-27(21)33)25(30-23(24)12-17)15-6-3-2-4-7-15/h2-12,14,19-20,30H,13H2,1H3,(H,29,32)(H,31,33). The van der Waals surface area contributed by atoms with Gasteiger partial charge in [0, 0.05) is 28.1 Å². The second kappa shape index (κ2) is 7.88. The third kappa shape index (κ3) is 3.42. The van der Waals surface area contributed by atoms with E-state index < -0.39 is 0 Å². The first-order valence-electron chi connectivity index (χ1n) is 11.2. The summed E-state index contributed by atoms with van der Waals surface area (Å²) in [5.41, 5.74) is 8.18. The van der Waals surface area contributed by atoms with Gasteiger partial charge in [-0.15, -0.1) is 0 Å². The molecule has 2 atom stereocenters. The molecular weight excluding hydrogens is 428 g/mol. The molecule has 168 valence electrons. The highest BCUT2D eigenvalue weighted by Gasteiger charge is 2.44. The number of nitrogens with zero attached hydrogens (tertiary/aromatic N) is 1. The number of carbonyl (C=O) groups excluding carboxylic acids is 2. The first-order chi connectivity index (χ1) is 16.6. The molecule has 3 aromatic carbocycles. The molecule has 2 unspecified atom stereocenters. The summed E-state index contributed by atoms with van der Waals surface area (Å²) < 4.78 is 5.31. The van der Waals surface area contributed by atoms with E-state index in [1.807, 2.05) is 60.7 Å². The van der Waals surface area contributed by atoms with E-state index in [1.54, 1.807) is 19.4 Å². The number of rotatable bonds is 5. The fourth-order valence-corrected chi connectivity index (χ4v) is 4.75. The van der Waals surface area contributed by atoms with Gasteiger partial charge in [0.2, 0.25) is 5.91 Å². The van der Waals surface area contributed by atoms with Gasteiger partial charge >= 0.3 is 0 Å². The number of benzene rings is 3. The Morgan fingerprint density at radius 3 is 2.76 bits per heavy atom. The van der Waals surface area contributed by atoms with E-state index >= 15 is 0 Å². The topological polar surface area (TPSA) is 95.6 Å². The Kier molecular flexibility index (Phi) is 4.69. The molecular formula is C27H22N4O3. The van der Waals surface area contributed by atoms with Gasteiger partial charge in [-0.1, -0.05) is 42.5 Å². The average molecular weight is 450 g/mol. The number of ether oxygens (including phenoxy) is 1. The Morgan fingerprint density at radius 2 is 1.94 bits per heavy atom. The molecule has 0 radical (unpaired) electrons. The SMILES string of the molecule is COc1cccc(C2CC2C(=O)Nc2cc3c4c(c(-c5ccccc5)[nH]c4c2)C=NNC3=O)c1. The van der Waals surface area contributed by atoms with E-state index in [4.69, 9.17) is 4.74 Å². The van der Waals surface area contributed by atoms with Crippen molar-refractivity contribution >= 4 is 34.6 Å². The lowest BCUT2D eigenvalue weighted by Crippen LogP contribution is -2.18. The van der Waals surface area contributed by atoms with E-state index in [9.17, 15) is 9.59 Å². The van der Waals surface area contributed by atoms with Crippen molar-refractivity contribution in [2.45, 2.75) is 12.3 Å². The lowest BCUT2D eigenvalue weighted by atomic mass is 10.0. The molecule has 6 rings (SSSR count). The van der Waals surface area contributed by atoms with Crippen molar-refractivity contribution in [1.82, 2.24) is 10.4 Å². The molecule has 2 aliphatic rings. The highest BCUT2D eigenvalue weighted by Crippen LogP contribution is 2.48. The molecule has 1 aromatic heterocycles. The maximum absolute atomic E-state index is 13.0. The quantitative estimate of drug-likeness (QED) is 0.413. The first kappa shape index (κ1) is 20.2. The van der Waals surface area contributed by atoms with Crippen molar-refractivity contribution in [2.75, 3.05) is 12.4 Å². The first-order valence-corrected chi connectivity index (χ1v) is 11.2. The Balaban J connectivity index is 1.33. The number of H-pyrrole nitrogens is 1. The smallest absolute Gasteiger partial charge is 0.272 e. The van der Waals surface area contributed by atoms with Crippen molar-refractivity contribution in [3.8, 4) is 17.0 Å². The maximum Gasteiger partial charge on any atom is 0.272 e. The summed E-state index contributed by atoms with van der Waals surface area (Å²) in [6.07, 6.45) is 2.45.